The third-order valence-corrected chi connectivity index (χ3v) is 4.28. The van der Waals surface area contributed by atoms with Crippen LogP contribution in [0.5, 0.6) is 0 Å². The molecule has 0 saturated carbocycles. The smallest absolute Gasteiger partial charge is 0.407 e. The van der Waals surface area contributed by atoms with Crippen molar-refractivity contribution in [1.82, 2.24) is 10.2 Å². The molecule has 1 fully saturated rings. The maximum absolute atomic E-state index is 11.8. The Morgan fingerprint density at radius 1 is 1.29 bits per heavy atom. The molecule has 6 nitrogen and oxygen atoms in total. The van der Waals surface area contributed by atoms with Crippen LogP contribution in [0, 0.1) is 0 Å². The van der Waals surface area contributed by atoms with Crippen LogP contribution in [0.4, 0.5) is 4.79 Å². The lowest BCUT2D eigenvalue weighted by Crippen LogP contribution is -2.51. The second-order valence-electron chi connectivity index (χ2n) is 6.05. The number of amides is 2. The maximum Gasteiger partial charge on any atom is 0.407 e. The highest BCUT2D eigenvalue weighted by molar-refractivity contribution is 6.27. The summed E-state index contributed by atoms with van der Waals surface area (Å²) in [6.45, 7) is 0.943. The summed E-state index contributed by atoms with van der Waals surface area (Å²) in [5.41, 5.74) is -0.274. The number of alkyl carbamates (subject to hydrolysis) is 1. The largest absolute Gasteiger partial charge is 0.445 e. The quantitative estimate of drug-likeness (QED) is 0.791. The average Bonchev–Trinajstić information content (AvgIpc) is 2.81. The van der Waals surface area contributed by atoms with Crippen molar-refractivity contribution in [2.24, 2.45) is 0 Å². The van der Waals surface area contributed by atoms with Crippen LogP contribution < -0.4 is 5.32 Å². The van der Waals surface area contributed by atoms with Gasteiger partial charge in [-0.3, -0.25) is 4.79 Å². The number of carbonyl (C=O) groups excluding carboxylic acids is 2. The van der Waals surface area contributed by atoms with Crippen LogP contribution in [-0.2, 0) is 16.1 Å². The first-order valence-electron chi connectivity index (χ1n) is 8.03. The van der Waals surface area contributed by atoms with E-state index in [2.05, 4.69) is 5.32 Å². The van der Waals surface area contributed by atoms with Crippen molar-refractivity contribution in [1.29, 1.82) is 0 Å². The number of nitrogens with zero attached hydrogens (tertiary/aromatic N) is 1. The molecule has 0 aromatic heterocycles. The average molecular weight is 355 g/mol. The SMILES string of the molecule is O=C(NCC1(O)CCCCN(C(=O)CCl)C1)OCc1ccccc1. The van der Waals surface area contributed by atoms with Crippen molar-refractivity contribution in [3.8, 4) is 0 Å². The predicted molar refractivity (Wildman–Crippen MR) is 90.7 cm³/mol. The molecular weight excluding hydrogens is 332 g/mol. The lowest BCUT2D eigenvalue weighted by atomic mass is 9.98. The van der Waals surface area contributed by atoms with Crippen LogP contribution in [0.25, 0.3) is 0 Å². The molecule has 2 rings (SSSR count). The molecule has 7 heteroatoms. The van der Waals surface area contributed by atoms with Crippen LogP contribution in [0.3, 0.4) is 0 Å². The van der Waals surface area contributed by atoms with Crippen molar-refractivity contribution in [3.05, 3.63) is 35.9 Å². The van der Waals surface area contributed by atoms with Crippen LogP contribution in [0.15, 0.2) is 30.3 Å². The van der Waals surface area contributed by atoms with E-state index in [9.17, 15) is 14.7 Å². The van der Waals surface area contributed by atoms with Gasteiger partial charge in [0, 0.05) is 6.54 Å². The zero-order valence-electron chi connectivity index (χ0n) is 13.5. The number of halogens is 1. The summed E-state index contributed by atoms with van der Waals surface area (Å²) < 4.78 is 5.13. The van der Waals surface area contributed by atoms with Gasteiger partial charge in [0.25, 0.3) is 0 Å². The molecule has 0 spiro atoms. The summed E-state index contributed by atoms with van der Waals surface area (Å²) in [6, 6.07) is 9.35. The van der Waals surface area contributed by atoms with E-state index in [1.807, 2.05) is 30.3 Å². The van der Waals surface area contributed by atoms with E-state index in [4.69, 9.17) is 16.3 Å². The summed E-state index contributed by atoms with van der Waals surface area (Å²) in [4.78, 5) is 25.1. The zero-order valence-corrected chi connectivity index (χ0v) is 14.3. The maximum atomic E-state index is 11.8. The normalized spacial score (nSPS) is 21.0. The number of carbonyl (C=O) groups is 2. The van der Waals surface area contributed by atoms with Gasteiger partial charge < -0.3 is 20.1 Å². The van der Waals surface area contributed by atoms with Crippen LogP contribution in [0.1, 0.15) is 24.8 Å². The summed E-state index contributed by atoms with van der Waals surface area (Å²) in [5.74, 6) is -0.313. The Balaban J connectivity index is 1.82. The van der Waals surface area contributed by atoms with Gasteiger partial charge in [-0.15, -0.1) is 11.6 Å². The van der Waals surface area contributed by atoms with E-state index in [-0.39, 0.29) is 31.5 Å². The van der Waals surface area contributed by atoms with Gasteiger partial charge in [0.2, 0.25) is 5.91 Å². The second-order valence-corrected chi connectivity index (χ2v) is 6.31. The molecule has 132 valence electrons. The number of nitrogens with one attached hydrogen (secondary N) is 1. The number of aliphatic hydroxyl groups is 1. The molecule has 1 aliphatic rings. The minimum Gasteiger partial charge on any atom is -0.445 e. The molecular formula is C17H23ClN2O4. The number of hydrogen-bond donors (Lipinski definition) is 2. The minimum absolute atomic E-state index is 0.0344. The predicted octanol–water partition coefficient (Wildman–Crippen LogP) is 1.90. The molecule has 1 heterocycles. The minimum atomic E-state index is -1.16. The van der Waals surface area contributed by atoms with Crippen molar-refractivity contribution < 1.29 is 19.4 Å². The number of alkyl halides is 1. The first-order chi connectivity index (χ1) is 11.5. The van der Waals surface area contributed by atoms with Gasteiger partial charge >= 0.3 is 6.09 Å². The fraction of sp³-hybridized carbons (Fsp3) is 0.529. The molecule has 0 aliphatic carbocycles. The summed E-state index contributed by atoms with van der Waals surface area (Å²) in [7, 11) is 0. The molecule has 2 amide bonds. The Morgan fingerprint density at radius 3 is 2.75 bits per heavy atom. The molecule has 1 aromatic rings. The van der Waals surface area contributed by atoms with Gasteiger partial charge in [-0.05, 0) is 24.8 Å². The molecule has 1 aliphatic heterocycles. The van der Waals surface area contributed by atoms with Crippen LogP contribution in [-0.4, -0.2) is 53.1 Å². The van der Waals surface area contributed by atoms with Gasteiger partial charge in [-0.25, -0.2) is 4.79 Å². The monoisotopic (exact) mass is 354 g/mol. The second kappa shape index (κ2) is 8.89. The molecule has 1 unspecified atom stereocenters. The number of benzene rings is 1. The molecule has 24 heavy (non-hydrogen) atoms. The molecule has 1 atom stereocenters. The first-order valence-corrected chi connectivity index (χ1v) is 8.56. The van der Waals surface area contributed by atoms with Crippen molar-refractivity contribution in [3.63, 3.8) is 0 Å². The van der Waals surface area contributed by atoms with E-state index in [0.29, 0.717) is 13.0 Å². The number of likely N-dealkylation sites (tertiary alicyclic amines) is 1. The van der Waals surface area contributed by atoms with Gasteiger partial charge in [0.15, 0.2) is 0 Å². The summed E-state index contributed by atoms with van der Waals surface area (Å²) in [6.07, 6.45) is 1.51. The Kier molecular flexibility index (Phi) is 6.87. The Morgan fingerprint density at radius 2 is 2.04 bits per heavy atom. The number of rotatable bonds is 5. The third-order valence-electron chi connectivity index (χ3n) is 4.05. The topological polar surface area (TPSA) is 78.9 Å². The highest BCUT2D eigenvalue weighted by Crippen LogP contribution is 2.20. The van der Waals surface area contributed by atoms with Gasteiger partial charge in [-0.2, -0.15) is 0 Å². The standard InChI is InChI=1S/C17H23ClN2O4/c18-10-15(21)20-9-5-4-8-17(23,13-20)12-19-16(22)24-11-14-6-2-1-3-7-14/h1-3,6-7,23H,4-5,8-13H2,(H,19,22). The fourth-order valence-electron chi connectivity index (χ4n) is 2.72. The van der Waals surface area contributed by atoms with Crippen LogP contribution >= 0.6 is 11.6 Å². The highest BCUT2D eigenvalue weighted by Gasteiger charge is 2.33. The van der Waals surface area contributed by atoms with Gasteiger partial charge in [0.1, 0.15) is 12.5 Å². The highest BCUT2D eigenvalue weighted by atomic mass is 35.5. The number of β-amino-alcohol motifs (C(OH)–C–C–N with tert-alkyl or cyclic N) is 1. The van der Waals surface area contributed by atoms with E-state index in [0.717, 1.165) is 18.4 Å². The van der Waals surface area contributed by atoms with Gasteiger partial charge in [0.05, 0.1) is 18.7 Å². The van der Waals surface area contributed by atoms with Crippen molar-refractivity contribution in [2.75, 3.05) is 25.5 Å². The van der Waals surface area contributed by atoms with Gasteiger partial charge in [-0.1, -0.05) is 30.3 Å². The Hall–Kier alpha value is -1.79. The number of hydrogen-bond acceptors (Lipinski definition) is 4. The van der Waals surface area contributed by atoms with E-state index < -0.39 is 11.7 Å². The Labute approximate surface area is 146 Å². The summed E-state index contributed by atoms with van der Waals surface area (Å²) >= 11 is 5.60. The van der Waals surface area contributed by atoms with E-state index in [1.165, 1.54) is 0 Å². The lowest BCUT2D eigenvalue weighted by Gasteiger charge is -2.31. The summed E-state index contributed by atoms with van der Waals surface area (Å²) in [5, 5.41) is 13.3. The van der Waals surface area contributed by atoms with E-state index >= 15 is 0 Å². The van der Waals surface area contributed by atoms with E-state index in [1.54, 1.807) is 4.90 Å². The number of ether oxygens (including phenoxy) is 1. The first kappa shape index (κ1) is 18.5. The van der Waals surface area contributed by atoms with Crippen molar-refractivity contribution >= 4 is 23.6 Å². The molecule has 0 radical (unpaired) electrons. The zero-order chi connectivity index (χ0) is 17.4. The fourth-order valence-corrected chi connectivity index (χ4v) is 2.89. The van der Waals surface area contributed by atoms with Crippen molar-refractivity contribution in [2.45, 2.75) is 31.5 Å². The third kappa shape index (κ3) is 5.69. The Bertz CT molecular complexity index is 555. The molecule has 1 aromatic carbocycles. The molecule has 1 saturated heterocycles. The molecule has 2 N–H and O–H groups in total. The lowest BCUT2D eigenvalue weighted by molar-refractivity contribution is -0.131. The molecule has 0 bridgehead atoms. The van der Waals surface area contributed by atoms with Crippen LogP contribution in [0.2, 0.25) is 0 Å².